The van der Waals surface area contributed by atoms with Gasteiger partial charge in [0, 0.05) is 11.9 Å². The van der Waals surface area contributed by atoms with Crippen LogP contribution < -0.4 is 0 Å². The normalized spacial score (nSPS) is 12.3. The molecule has 0 spiro atoms. The maximum atomic E-state index is 8.85. The Morgan fingerprint density at radius 2 is 2.50 bits per heavy atom. The van der Waals surface area contributed by atoms with E-state index in [2.05, 4.69) is 18.0 Å². The molecule has 1 aromatic heterocycles. The first-order valence-corrected chi connectivity index (χ1v) is 4.41. The van der Waals surface area contributed by atoms with Crippen LogP contribution in [0.3, 0.4) is 0 Å². The number of nitrogens with zero attached hydrogens (tertiary/aromatic N) is 1. The van der Waals surface area contributed by atoms with Crippen LogP contribution in [0.4, 0.5) is 0 Å². The first-order valence-electron chi connectivity index (χ1n) is 4.41. The monoisotopic (exact) mass is 162 g/mol. The molecule has 0 saturated carbocycles. The van der Waals surface area contributed by atoms with Crippen LogP contribution in [0.2, 0.25) is 0 Å². The highest BCUT2D eigenvalue weighted by Crippen LogP contribution is 2.18. The molecule has 0 aliphatic carbocycles. The van der Waals surface area contributed by atoms with Crippen molar-refractivity contribution in [2.75, 3.05) is 0 Å². The van der Waals surface area contributed by atoms with E-state index in [-0.39, 0.29) is 5.92 Å². The first-order chi connectivity index (χ1) is 5.88. The molecule has 1 N–H and O–H groups in total. The molecule has 1 atom stereocenters. The Hall–Kier alpha value is -1.23. The Morgan fingerprint density at radius 1 is 1.67 bits per heavy atom. The number of hydrogen-bond acceptors (Lipinski definition) is 1. The fourth-order valence-electron chi connectivity index (χ4n) is 1.26. The molecule has 1 rings (SSSR count). The lowest BCUT2D eigenvalue weighted by molar-refractivity contribution is 0.661. The second kappa shape index (κ2) is 4.61. The predicted octanol–water partition coefficient (Wildman–Crippen LogP) is 2.81. The summed E-state index contributed by atoms with van der Waals surface area (Å²) in [6.07, 6.45) is 5.11. The highest BCUT2D eigenvalue weighted by molar-refractivity contribution is 5.16. The summed E-state index contributed by atoms with van der Waals surface area (Å²) in [5, 5.41) is 8.85. The molecule has 0 amide bonds. The SMILES string of the molecule is CCCCC(C#N)c1ccc[nH]1. The Kier molecular flexibility index (Phi) is 3.40. The Bertz CT molecular complexity index is 243. The average molecular weight is 162 g/mol. The predicted molar refractivity (Wildman–Crippen MR) is 48.7 cm³/mol. The minimum atomic E-state index is 0.0555. The largest absolute Gasteiger partial charge is 0.364 e. The standard InChI is InChI=1S/C10H14N2/c1-2-3-5-9(8-11)10-6-4-7-12-10/h4,6-7,9,12H,2-3,5H2,1H3. The third kappa shape index (κ3) is 2.13. The molecule has 1 unspecified atom stereocenters. The maximum absolute atomic E-state index is 8.85. The molecule has 64 valence electrons. The molecule has 2 heteroatoms. The minimum absolute atomic E-state index is 0.0555. The second-order valence-electron chi connectivity index (χ2n) is 2.95. The topological polar surface area (TPSA) is 39.6 Å². The molecule has 2 nitrogen and oxygen atoms in total. The van der Waals surface area contributed by atoms with Crippen molar-refractivity contribution in [3.8, 4) is 6.07 Å². The molecule has 12 heavy (non-hydrogen) atoms. The van der Waals surface area contributed by atoms with Gasteiger partial charge in [-0.25, -0.2) is 0 Å². The smallest absolute Gasteiger partial charge is 0.0862 e. The van der Waals surface area contributed by atoms with Crippen molar-refractivity contribution in [1.29, 1.82) is 5.26 Å². The molecule has 1 aromatic rings. The zero-order valence-electron chi connectivity index (χ0n) is 7.38. The van der Waals surface area contributed by atoms with Gasteiger partial charge in [0.25, 0.3) is 0 Å². The summed E-state index contributed by atoms with van der Waals surface area (Å²) >= 11 is 0. The van der Waals surface area contributed by atoms with Crippen molar-refractivity contribution in [1.82, 2.24) is 4.98 Å². The van der Waals surface area contributed by atoms with Crippen LogP contribution in [0.1, 0.15) is 37.8 Å². The van der Waals surface area contributed by atoms with Crippen molar-refractivity contribution in [2.24, 2.45) is 0 Å². The van der Waals surface area contributed by atoms with Crippen molar-refractivity contribution in [3.05, 3.63) is 24.0 Å². The molecule has 0 aliphatic heterocycles. The summed E-state index contributed by atoms with van der Waals surface area (Å²) in [7, 11) is 0. The van der Waals surface area contributed by atoms with Crippen molar-refractivity contribution >= 4 is 0 Å². The van der Waals surface area contributed by atoms with Gasteiger partial charge in [0.1, 0.15) is 0 Å². The van der Waals surface area contributed by atoms with Crippen molar-refractivity contribution in [2.45, 2.75) is 32.1 Å². The van der Waals surface area contributed by atoms with Gasteiger partial charge in [0.05, 0.1) is 12.0 Å². The van der Waals surface area contributed by atoms with Gasteiger partial charge in [-0.15, -0.1) is 0 Å². The maximum Gasteiger partial charge on any atom is 0.0862 e. The van der Waals surface area contributed by atoms with E-state index in [1.807, 2.05) is 18.3 Å². The average Bonchev–Trinajstić information content (AvgIpc) is 2.59. The number of aromatic amines is 1. The summed E-state index contributed by atoms with van der Waals surface area (Å²) in [6.45, 7) is 2.14. The molecule has 0 radical (unpaired) electrons. The van der Waals surface area contributed by atoms with Gasteiger partial charge in [-0.1, -0.05) is 19.8 Å². The fraction of sp³-hybridized carbons (Fsp3) is 0.500. The molecule has 0 bridgehead atoms. The number of unbranched alkanes of at least 4 members (excludes halogenated alkanes) is 1. The van der Waals surface area contributed by atoms with Crippen molar-refractivity contribution < 1.29 is 0 Å². The van der Waals surface area contributed by atoms with E-state index in [0.29, 0.717) is 0 Å². The third-order valence-corrected chi connectivity index (χ3v) is 2.00. The lowest BCUT2D eigenvalue weighted by Gasteiger charge is -2.04. The molecule has 0 aromatic carbocycles. The molecule has 0 saturated heterocycles. The van der Waals surface area contributed by atoms with Crippen molar-refractivity contribution in [3.63, 3.8) is 0 Å². The lowest BCUT2D eigenvalue weighted by Crippen LogP contribution is -1.95. The van der Waals surface area contributed by atoms with Crippen LogP contribution in [0.25, 0.3) is 0 Å². The zero-order valence-corrected chi connectivity index (χ0v) is 7.38. The van der Waals surface area contributed by atoms with E-state index in [9.17, 15) is 0 Å². The molecule has 0 fully saturated rings. The van der Waals surface area contributed by atoms with Crippen LogP contribution in [0.15, 0.2) is 18.3 Å². The van der Waals surface area contributed by atoms with Gasteiger partial charge < -0.3 is 4.98 Å². The Labute approximate surface area is 73.2 Å². The van der Waals surface area contributed by atoms with E-state index in [1.54, 1.807) is 0 Å². The molecule has 0 aliphatic rings. The third-order valence-electron chi connectivity index (χ3n) is 2.00. The molecular weight excluding hydrogens is 148 g/mol. The minimum Gasteiger partial charge on any atom is -0.364 e. The summed E-state index contributed by atoms with van der Waals surface area (Å²) in [6, 6.07) is 6.22. The fourth-order valence-corrected chi connectivity index (χ4v) is 1.26. The highest BCUT2D eigenvalue weighted by atomic mass is 14.7. The van der Waals surface area contributed by atoms with Gasteiger partial charge in [-0.3, -0.25) is 0 Å². The quantitative estimate of drug-likeness (QED) is 0.726. The van der Waals surface area contributed by atoms with Gasteiger partial charge in [0.2, 0.25) is 0 Å². The second-order valence-corrected chi connectivity index (χ2v) is 2.95. The summed E-state index contributed by atoms with van der Waals surface area (Å²) < 4.78 is 0. The summed E-state index contributed by atoms with van der Waals surface area (Å²) in [5.74, 6) is 0.0555. The summed E-state index contributed by atoms with van der Waals surface area (Å²) in [5.41, 5.74) is 1.05. The van der Waals surface area contributed by atoms with Gasteiger partial charge in [0.15, 0.2) is 0 Å². The van der Waals surface area contributed by atoms with E-state index < -0.39 is 0 Å². The number of H-pyrrole nitrogens is 1. The van der Waals surface area contributed by atoms with E-state index in [1.165, 1.54) is 0 Å². The zero-order chi connectivity index (χ0) is 8.81. The number of nitriles is 1. The molecular formula is C10H14N2. The highest BCUT2D eigenvalue weighted by Gasteiger charge is 2.09. The summed E-state index contributed by atoms with van der Waals surface area (Å²) in [4.78, 5) is 3.07. The van der Waals surface area contributed by atoms with Crippen LogP contribution >= 0.6 is 0 Å². The van der Waals surface area contributed by atoms with Gasteiger partial charge in [-0.2, -0.15) is 5.26 Å². The number of rotatable bonds is 4. The number of hydrogen-bond donors (Lipinski definition) is 1. The van der Waals surface area contributed by atoms with E-state index in [4.69, 9.17) is 5.26 Å². The number of nitrogens with one attached hydrogen (secondary N) is 1. The first kappa shape index (κ1) is 8.86. The Balaban J connectivity index is 2.53. The van der Waals surface area contributed by atoms with Gasteiger partial charge >= 0.3 is 0 Å². The van der Waals surface area contributed by atoms with E-state index in [0.717, 1.165) is 25.0 Å². The van der Waals surface area contributed by atoms with Crippen LogP contribution in [0, 0.1) is 11.3 Å². The van der Waals surface area contributed by atoms with Crippen LogP contribution in [-0.4, -0.2) is 4.98 Å². The van der Waals surface area contributed by atoms with Crippen LogP contribution in [-0.2, 0) is 0 Å². The van der Waals surface area contributed by atoms with E-state index >= 15 is 0 Å². The Morgan fingerprint density at radius 3 is 3.00 bits per heavy atom. The van der Waals surface area contributed by atoms with Gasteiger partial charge in [-0.05, 0) is 18.6 Å². The number of aromatic nitrogens is 1. The van der Waals surface area contributed by atoms with Crippen LogP contribution in [0.5, 0.6) is 0 Å². The molecule has 1 heterocycles. The lowest BCUT2D eigenvalue weighted by atomic mass is 10.0.